The molecule has 1 aliphatic rings. The zero-order valence-electron chi connectivity index (χ0n) is 13.3. The first kappa shape index (κ1) is 16.9. The largest absolute Gasteiger partial charge is 0.339 e. The van der Waals surface area contributed by atoms with E-state index in [2.05, 4.69) is 12.1 Å². The van der Waals surface area contributed by atoms with Gasteiger partial charge in [0.2, 0.25) is 11.8 Å². The molecule has 0 aliphatic carbocycles. The van der Waals surface area contributed by atoms with Crippen LogP contribution in [0.5, 0.6) is 0 Å². The lowest BCUT2D eigenvalue weighted by molar-refractivity contribution is -0.138. The molecule has 1 unspecified atom stereocenters. The van der Waals surface area contributed by atoms with Gasteiger partial charge in [0, 0.05) is 38.4 Å². The first-order valence-electron chi connectivity index (χ1n) is 7.84. The van der Waals surface area contributed by atoms with Crippen LogP contribution in [0.2, 0.25) is 0 Å². The molecule has 0 bridgehead atoms. The number of thioether (sulfide) groups is 1. The third-order valence-corrected chi connectivity index (χ3v) is 5.14. The number of piperazine rings is 1. The Morgan fingerprint density at radius 3 is 2.27 bits per heavy atom. The van der Waals surface area contributed by atoms with Crippen LogP contribution in [-0.2, 0) is 15.3 Å². The van der Waals surface area contributed by atoms with Crippen molar-refractivity contribution in [1.29, 1.82) is 0 Å². The molecule has 0 radical (unpaired) electrons. The zero-order valence-corrected chi connectivity index (χ0v) is 14.1. The predicted octanol–water partition coefficient (Wildman–Crippen LogP) is 2.39. The molecule has 1 saturated heterocycles. The van der Waals surface area contributed by atoms with E-state index >= 15 is 0 Å². The van der Waals surface area contributed by atoms with Crippen molar-refractivity contribution in [3.05, 3.63) is 35.9 Å². The number of rotatable bonds is 5. The first-order chi connectivity index (χ1) is 10.6. The summed E-state index contributed by atoms with van der Waals surface area (Å²) in [5, 5.41) is -0.0476. The van der Waals surface area contributed by atoms with E-state index in [0.29, 0.717) is 32.6 Å². The highest BCUT2D eigenvalue weighted by Crippen LogP contribution is 2.20. The van der Waals surface area contributed by atoms with E-state index in [0.717, 1.165) is 5.75 Å². The van der Waals surface area contributed by atoms with Gasteiger partial charge in [-0.15, -0.1) is 11.8 Å². The maximum atomic E-state index is 12.5. The number of hydrogen-bond acceptors (Lipinski definition) is 3. The molecule has 0 aromatic heterocycles. The van der Waals surface area contributed by atoms with Crippen molar-refractivity contribution in [2.75, 3.05) is 26.2 Å². The molecule has 22 heavy (non-hydrogen) atoms. The van der Waals surface area contributed by atoms with Crippen molar-refractivity contribution in [3.63, 3.8) is 0 Å². The number of carbonyl (C=O) groups is 2. The number of hydrogen-bond donors (Lipinski definition) is 0. The van der Waals surface area contributed by atoms with Crippen molar-refractivity contribution in [2.45, 2.75) is 31.3 Å². The van der Waals surface area contributed by atoms with Gasteiger partial charge in [0.05, 0.1) is 5.25 Å². The number of amides is 2. The molecule has 2 amide bonds. The van der Waals surface area contributed by atoms with Gasteiger partial charge in [0.25, 0.3) is 0 Å². The van der Waals surface area contributed by atoms with Gasteiger partial charge in [-0.3, -0.25) is 9.59 Å². The van der Waals surface area contributed by atoms with E-state index < -0.39 is 0 Å². The summed E-state index contributed by atoms with van der Waals surface area (Å²) in [6, 6.07) is 10.2. The summed E-state index contributed by atoms with van der Waals surface area (Å²) in [7, 11) is 0. The zero-order chi connectivity index (χ0) is 15.9. The molecule has 5 heteroatoms. The van der Waals surface area contributed by atoms with E-state index in [1.165, 1.54) is 5.56 Å². The van der Waals surface area contributed by atoms with Crippen LogP contribution in [0.15, 0.2) is 30.3 Å². The van der Waals surface area contributed by atoms with Crippen LogP contribution >= 0.6 is 11.8 Å². The molecule has 2 rings (SSSR count). The van der Waals surface area contributed by atoms with E-state index in [9.17, 15) is 9.59 Å². The van der Waals surface area contributed by atoms with Crippen molar-refractivity contribution >= 4 is 23.6 Å². The maximum absolute atomic E-state index is 12.5. The lowest BCUT2D eigenvalue weighted by Crippen LogP contribution is -2.52. The summed E-state index contributed by atoms with van der Waals surface area (Å²) in [4.78, 5) is 27.9. The molecule has 0 N–H and O–H groups in total. The molecule has 1 aromatic carbocycles. The molecule has 1 fully saturated rings. The van der Waals surface area contributed by atoms with Crippen LogP contribution < -0.4 is 0 Å². The number of nitrogens with zero attached hydrogens (tertiary/aromatic N) is 2. The van der Waals surface area contributed by atoms with Crippen LogP contribution in [0.25, 0.3) is 0 Å². The summed E-state index contributed by atoms with van der Waals surface area (Å²) >= 11 is 1.67. The monoisotopic (exact) mass is 320 g/mol. The lowest BCUT2D eigenvalue weighted by atomic mass is 10.2. The molecular weight excluding hydrogens is 296 g/mol. The summed E-state index contributed by atoms with van der Waals surface area (Å²) in [5.41, 5.74) is 1.24. The second-order valence-corrected chi connectivity index (χ2v) is 6.83. The van der Waals surface area contributed by atoms with Crippen LogP contribution in [-0.4, -0.2) is 53.0 Å². The van der Waals surface area contributed by atoms with Gasteiger partial charge < -0.3 is 9.80 Å². The van der Waals surface area contributed by atoms with Gasteiger partial charge in [-0.25, -0.2) is 0 Å². The predicted molar refractivity (Wildman–Crippen MR) is 90.7 cm³/mol. The number of benzene rings is 1. The Morgan fingerprint density at radius 1 is 1.09 bits per heavy atom. The second-order valence-electron chi connectivity index (χ2n) is 5.50. The average molecular weight is 320 g/mol. The minimum atomic E-state index is -0.0476. The summed E-state index contributed by atoms with van der Waals surface area (Å²) in [6.45, 7) is 6.48. The lowest BCUT2D eigenvalue weighted by Gasteiger charge is -2.35. The van der Waals surface area contributed by atoms with Gasteiger partial charge >= 0.3 is 0 Å². The Hall–Kier alpha value is -1.49. The molecule has 1 heterocycles. The van der Waals surface area contributed by atoms with Crippen LogP contribution in [0, 0.1) is 0 Å². The number of carbonyl (C=O) groups excluding carboxylic acids is 2. The van der Waals surface area contributed by atoms with Gasteiger partial charge in [-0.2, -0.15) is 0 Å². The van der Waals surface area contributed by atoms with Gasteiger partial charge in [-0.1, -0.05) is 37.3 Å². The maximum Gasteiger partial charge on any atom is 0.235 e. The SMILES string of the molecule is CCC(=O)N1CCN(C(=O)C(C)SCc2ccccc2)CC1. The average Bonchev–Trinajstić information content (AvgIpc) is 2.59. The van der Waals surface area contributed by atoms with Gasteiger partial charge in [-0.05, 0) is 12.5 Å². The highest BCUT2D eigenvalue weighted by atomic mass is 32.2. The van der Waals surface area contributed by atoms with Gasteiger partial charge in [0.15, 0.2) is 0 Å². The molecule has 1 atom stereocenters. The Morgan fingerprint density at radius 2 is 1.68 bits per heavy atom. The quantitative estimate of drug-likeness (QED) is 0.836. The third-order valence-electron chi connectivity index (χ3n) is 3.94. The van der Waals surface area contributed by atoms with Crippen molar-refractivity contribution in [2.24, 2.45) is 0 Å². The van der Waals surface area contributed by atoms with E-state index in [1.807, 2.05) is 41.8 Å². The topological polar surface area (TPSA) is 40.6 Å². The summed E-state index contributed by atoms with van der Waals surface area (Å²) < 4.78 is 0. The fraction of sp³-hybridized carbons (Fsp3) is 0.529. The van der Waals surface area contributed by atoms with Crippen molar-refractivity contribution < 1.29 is 9.59 Å². The van der Waals surface area contributed by atoms with Crippen LogP contribution in [0.3, 0.4) is 0 Å². The standard InChI is InChI=1S/C17H24N2O2S/c1-3-16(20)18-9-11-19(12-10-18)17(21)14(2)22-13-15-7-5-4-6-8-15/h4-8,14H,3,9-13H2,1-2H3. The molecular formula is C17H24N2O2S. The van der Waals surface area contributed by atoms with Gasteiger partial charge in [0.1, 0.15) is 0 Å². The molecule has 1 aliphatic heterocycles. The highest BCUT2D eigenvalue weighted by Gasteiger charge is 2.26. The van der Waals surface area contributed by atoms with E-state index in [4.69, 9.17) is 0 Å². The molecule has 4 nitrogen and oxygen atoms in total. The highest BCUT2D eigenvalue weighted by molar-refractivity contribution is 7.99. The summed E-state index contributed by atoms with van der Waals surface area (Å²) in [5.74, 6) is 1.21. The fourth-order valence-corrected chi connectivity index (χ4v) is 3.45. The third kappa shape index (κ3) is 4.50. The van der Waals surface area contributed by atoms with Crippen molar-refractivity contribution in [1.82, 2.24) is 9.80 Å². The van der Waals surface area contributed by atoms with Crippen molar-refractivity contribution in [3.8, 4) is 0 Å². The molecule has 0 saturated carbocycles. The van der Waals surface area contributed by atoms with E-state index in [-0.39, 0.29) is 17.1 Å². The van der Waals surface area contributed by atoms with E-state index in [1.54, 1.807) is 11.8 Å². The second kappa shape index (κ2) is 8.22. The Kier molecular flexibility index (Phi) is 6.31. The Bertz CT molecular complexity index is 499. The first-order valence-corrected chi connectivity index (χ1v) is 8.88. The normalized spacial score (nSPS) is 16.5. The molecule has 0 spiro atoms. The smallest absolute Gasteiger partial charge is 0.235 e. The molecule has 1 aromatic rings. The Balaban J connectivity index is 1.78. The summed E-state index contributed by atoms with van der Waals surface area (Å²) in [6.07, 6.45) is 0.539. The fourth-order valence-electron chi connectivity index (χ4n) is 2.52. The minimum Gasteiger partial charge on any atom is -0.339 e. The molecule has 120 valence electrons. The Labute approximate surface area is 136 Å². The van der Waals surface area contributed by atoms with Crippen LogP contribution in [0.1, 0.15) is 25.8 Å². The van der Waals surface area contributed by atoms with Crippen LogP contribution in [0.4, 0.5) is 0 Å². The minimum absolute atomic E-state index is 0.0476.